The molecule has 5 nitrogen and oxygen atoms in total. The number of nitrogens with zero attached hydrogens (tertiary/aromatic N) is 1. The fraction of sp³-hybridized carbons (Fsp3) is 0.333. The molecule has 2 rings (SSSR count). The number of amides is 1. The van der Waals surface area contributed by atoms with Crippen LogP contribution in [0.1, 0.15) is 28.7 Å². The normalized spacial score (nSPS) is 10.4. The first-order valence-corrected chi connectivity index (χ1v) is 7.11. The van der Waals surface area contributed by atoms with E-state index in [1.807, 2.05) is 6.92 Å². The average Bonchev–Trinajstić information content (AvgIpc) is 2.86. The molecule has 0 radical (unpaired) electrons. The van der Waals surface area contributed by atoms with Crippen molar-refractivity contribution in [2.24, 2.45) is 0 Å². The number of benzene rings is 1. The molecule has 1 aromatic heterocycles. The molecule has 0 atom stereocenters. The number of carbonyl (C=O) groups excluding carboxylic acids is 1. The van der Waals surface area contributed by atoms with Crippen LogP contribution < -0.4 is 10.1 Å². The van der Waals surface area contributed by atoms with E-state index in [9.17, 15) is 4.79 Å². The Kier molecular flexibility index (Phi) is 5.22. The minimum absolute atomic E-state index is 0.190. The third kappa shape index (κ3) is 3.98. The molecule has 1 N–H and O–H groups in total. The number of carbonyl (C=O) groups is 1. The van der Waals surface area contributed by atoms with Crippen molar-refractivity contribution in [1.82, 2.24) is 10.5 Å². The van der Waals surface area contributed by atoms with E-state index in [1.54, 1.807) is 31.2 Å². The van der Waals surface area contributed by atoms with Gasteiger partial charge in [-0.25, -0.2) is 0 Å². The molecule has 0 fully saturated rings. The first-order chi connectivity index (χ1) is 10.1. The van der Waals surface area contributed by atoms with Gasteiger partial charge in [-0.15, -0.1) is 0 Å². The van der Waals surface area contributed by atoms with Crippen molar-refractivity contribution in [1.29, 1.82) is 0 Å². The number of nitrogens with one attached hydrogen (secondary N) is 1. The zero-order valence-electron chi connectivity index (χ0n) is 12.0. The molecule has 2 aromatic rings. The van der Waals surface area contributed by atoms with E-state index < -0.39 is 0 Å². The number of ether oxygens (including phenoxy) is 1. The summed E-state index contributed by atoms with van der Waals surface area (Å²) in [5.41, 5.74) is 1.19. The van der Waals surface area contributed by atoms with E-state index in [-0.39, 0.29) is 5.91 Å². The van der Waals surface area contributed by atoms with Crippen LogP contribution in [0, 0.1) is 6.92 Å². The molecule has 21 heavy (non-hydrogen) atoms. The average molecular weight is 309 g/mol. The van der Waals surface area contributed by atoms with E-state index >= 15 is 0 Å². The quantitative estimate of drug-likeness (QED) is 0.833. The second kappa shape index (κ2) is 7.13. The highest BCUT2D eigenvalue weighted by atomic mass is 35.5. The molecule has 0 aliphatic rings. The van der Waals surface area contributed by atoms with E-state index in [0.717, 1.165) is 0 Å². The molecular formula is C15H17ClN2O3. The van der Waals surface area contributed by atoms with E-state index in [1.165, 1.54) is 0 Å². The summed E-state index contributed by atoms with van der Waals surface area (Å²) in [5, 5.41) is 7.31. The number of hydrogen-bond donors (Lipinski definition) is 1. The molecular weight excluding hydrogens is 292 g/mol. The predicted octanol–water partition coefficient (Wildman–Crippen LogP) is 3.01. The van der Waals surface area contributed by atoms with Crippen LogP contribution in [-0.2, 0) is 6.42 Å². The maximum Gasteiger partial charge on any atom is 0.256 e. The van der Waals surface area contributed by atoms with E-state index in [0.29, 0.717) is 47.4 Å². The highest BCUT2D eigenvalue weighted by Crippen LogP contribution is 2.15. The summed E-state index contributed by atoms with van der Waals surface area (Å²) in [5.74, 6) is 1.05. The zero-order valence-corrected chi connectivity index (χ0v) is 12.7. The highest BCUT2D eigenvalue weighted by molar-refractivity contribution is 6.30. The first-order valence-electron chi connectivity index (χ1n) is 6.73. The van der Waals surface area contributed by atoms with Crippen molar-refractivity contribution in [2.45, 2.75) is 20.3 Å². The molecule has 6 heteroatoms. The lowest BCUT2D eigenvalue weighted by Gasteiger charge is -2.07. The second-order valence-corrected chi connectivity index (χ2v) is 4.91. The van der Waals surface area contributed by atoms with Crippen LogP contribution in [0.5, 0.6) is 5.75 Å². The van der Waals surface area contributed by atoms with E-state index in [2.05, 4.69) is 10.5 Å². The fourth-order valence-corrected chi connectivity index (χ4v) is 2.03. The zero-order chi connectivity index (χ0) is 15.2. The predicted molar refractivity (Wildman–Crippen MR) is 79.9 cm³/mol. The van der Waals surface area contributed by atoms with Gasteiger partial charge in [0.1, 0.15) is 23.7 Å². The summed E-state index contributed by atoms with van der Waals surface area (Å²) in [6.45, 7) is 4.43. The van der Waals surface area contributed by atoms with Crippen LogP contribution in [0.2, 0.25) is 5.02 Å². The van der Waals surface area contributed by atoms with Crippen molar-refractivity contribution < 1.29 is 14.1 Å². The number of hydrogen-bond acceptors (Lipinski definition) is 4. The minimum atomic E-state index is -0.190. The third-order valence-electron chi connectivity index (χ3n) is 2.97. The maximum atomic E-state index is 12.1. The van der Waals surface area contributed by atoms with Gasteiger partial charge in [0.15, 0.2) is 0 Å². The largest absolute Gasteiger partial charge is 0.492 e. The van der Waals surface area contributed by atoms with Crippen molar-refractivity contribution >= 4 is 17.5 Å². The van der Waals surface area contributed by atoms with Crippen LogP contribution in [0.25, 0.3) is 0 Å². The number of halogens is 1. The summed E-state index contributed by atoms with van der Waals surface area (Å²) < 4.78 is 10.5. The lowest BCUT2D eigenvalue weighted by Crippen LogP contribution is -2.29. The van der Waals surface area contributed by atoms with Crippen molar-refractivity contribution in [3.8, 4) is 5.75 Å². The van der Waals surface area contributed by atoms with Crippen molar-refractivity contribution in [3.63, 3.8) is 0 Å². The van der Waals surface area contributed by atoms with Gasteiger partial charge in [0.25, 0.3) is 5.91 Å². The number of rotatable bonds is 6. The van der Waals surface area contributed by atoms with Gasteiger partial charge < -0.3 is 14.6 Å². The van der Waals surface area contributed by atoms with Gasteiger partial charge in [-0.05, 0) is 37.6 Å². The van der Waals surface area contributed by atoms with Crippen LogP contribution in [-0.4, -0.2) is 24.2 Å². The molecule has 0 aliphatic carbocycles. The Balaban J connectivity index is 1.82. The molecule has 1 aromatic carbocycles. The van der Waals surface area contributed by atoms with Crippen LogP contribution in [0.3, 0.4) is 0 Å². The van der Waals surface area contributed by atoms with Gasteiger partial charge in [0.2, 0.25) is 0 Å². The van der Waals surface area contributed by atoms with Gasteiger partial charge in [-0.3, -0.25) is 4.79 Å². The first kappa shape index (κ1) is 15.4. The Morgan fingerprint density at radius 2 is 2.10 bits per heavy atom. The van der Waals surface area contributed by atoms with Gasteiger partial charge in [-0.1, -0.05) is 23.7 Å². The fourth-order valence-electron chi connectivity index (χ4n) is 1.90. The highest BCUT2D eigenvalue weighted by Gasteiger charge is 2.18. The van der Waals surface area contributed by atoms with Crippen LogP contribution in [0.4, 0.5) is 0 Å². The van der Waals surface area contributed by atoms with Crippen molar-refractivity contribution in [2.75, 3.05) is 13.2 Å². The van der Waals surface area contributed by atoms with Crippen molar-refractivity contribution in [3.05, 3.63) is 46.3 Å². The molecule has 0 saturated heterocycles. The van der Waals surface area contributed by atoms with Crippen LogP contribution >= 0.6 is 11.6 Å². The smallest absolute Gasteiger partial charge is 0.256 e. The summed E-state index contributed by atoms with van der Waals surface area (Å²) >= 11 is 5.79. The topological polar surface area (TPSA) is 64.4 Å². The van der Waals surface area contributed by atoms with Crippen LogP contribution in [0.15, 0.2) is 28.8 Å². The summed E-state index contributed by atoms with van der Waals surface area (Å²) in [7, 11) is 0. The van der Waals surface area contributed by atoms with Gasteiger partial charge in [0, 0.05) is 5.02 Å². The second-order valence-electron chi connectivity index (χ2n) is 4.47. The minimum Gasteiger partial charge on any atom is -0.492 e. The lowest BCUT2D eigenvalue weighted by molar-refractivity contribution is 0.0944. The lowest BCUT2D eigenvalue weighted by atomic mass is 10.1. The Morgan fingerprint density at radius 1 is 1.38 bits per heavy atom. The third-order valence-corrected chi connectivity index (χ3v) is 3.22. The Morgan fingerprint density at radius 3 is 2.76 bits per heavy atom. The molecule has 0 aliphatic heterocycles. The molecule has 112 valence electrons. The number of aryl methyl sites for hydroxylation is 2. The Labute approximate surface area is 128 Å². The summed E-state index contributed by atoms with van der Waals surface area (Å²) in [4.78, 5) is 12.1. The standard InChI is InChI=1S/C15H17ClN2O3/c1-3-13-14(10(2)21-18-13)15(19)17-8-9-20-12-6-4-11(16)5-7-12/h4-7H,3,8-9H2,1-2H3,(H,17,19). The molecule has 1 amide bonds. The molecule has 0 unspecified atom stereocenters. The number of aromatic nitrogens is 1. The van der Waals surface area contributed by atoms with Gasteiger partial charge >= 0.3 is 0 Å². The maximum absolute atomic E-state index is 12.1. The molecule has 1 heterocycles. The van der Waals surface area contributed by atoms with Gasteiger partial charge in [-0.2, -0.15) is 0 Å². The summed E-state index contributed by atoms with van der Waals surface area (Å²) in [6, 6.07) is 7.07. The molecule has 0 bridgehead atoms. The Hall–Kier alpha value is -2.01. The SMILES string of the molecule is CCc1noc(C)c1C(=O)NCCOc1ccc(Cl)cc1. The molecule has 0 saturated carbocycles. The molecule has 0 spiro atoms. The summed E-state index contributed by atoms with van der Waals surface area (Å²) in [6.07, 6.45) is 0.654. The van der Waals surface area contributed by atoms with Gasteiger partial charge in [0.05, 0.1) is 12.2 Å². The van der Waals surface area contributed by atoms with E-state index in [4.69, 9.17) is 20.9 Å². The Bertz CT molecular complexity index is 608. The monoisotopic (exact) mass is 308 g/mol.